The number of phenols is 1. The van der Waals surface area contributed by atoms with Crippen LogP contribution in [-0.4, -0.2) is 16.3 Å². The molecule has 1 rings (SSSR count). The molecule has 0 spiro atoms. The van der Waals surface area contributed by atoms with Crippen molar-refractivity contribution in [2.75, 3.05) is 0 Å². The second-order valence-corrected chi connectivity index (χ2v) is 3.99. The van der Waals surface area contributed by atoms with E-state index in [1.807, 2.05) is 19.1 Å². The van der Waals surface area contributed by atoms with Crippen LogP contribution >= 0.6 is 0 Å². The summed E-state index contributed by atoms with van der Waals surface area (Å²) in [6, 6.07) is 5.60. The van der Waals surface area contributed by atoms with Crippen molar-refractivity contribution < 1.29 is 10.2 Å². The molecule has 84 valence electrons. The van der Waals surface area contributed by atoms with Crippen molar-refractivity contribution in [1.82, 2.24) is 0 Å². The van der Waals surface area contributed by atoms with Gasteiger partial charge in [-0.3, -0.25) is 0 Å². The third-order valence-corrected chi connectivity index (χ3v) is 2.44. The predicted molar refractivity (Wildman–Crippen MR) is 60.6 cm³/mol. The summed E-state index contributed by atoms with van der Waals surface area (Å²) in [6.07, 6.45) is 2.97. The highest BCUT2D eigenvalue weighted by Gasteiger charge is 2.02. The van der Waals surface area contributed by atoms with Gasteiger partial charge in [-0.15, -0.1) is 0 Å². The van der Waals surface area contributed by atoms with E-state index in [0.29, 0.717) is 5.56 Å². The minimum atomic E-state index is -0.118. The molecule has 0 saturated carbocycles. The minimum Gasteiger partial charge on any atom is -0.508 e. The van der Waals surface area contributed by atoms with Gasteiger partial charge in [0.25, 0.3) is 0 Å². The zero-order valence-corrected chi connectivity index (χ0v) is 9.11. The molecule has 1 aromatic carbocycles. The molecule has 0 radical (unpaired) electrons. The molecule has 0 fully saturated rings. The number of aryl methyl sites for hydroxylation is 1. The van der Waals surface area contributed by atoms with Crippen LogP contribution in [0.1, 0.15) is 30.9 Å². The molecule has 0 saturated heterocycles. The van der Waals surface area contributed by atoms with Crippen LogP contribution < -0.4 is 5.73 Å². The van der Waals surface area contributed by atoms with Crippen molar-refractivity contribution in [2.24, 2.45) is 5.73 Å². The topological polar surface area (TPSA) is 66.5 Å². The van der Waals surface area contributed by atoms with Crippen molar-refractivity contribution >= 4 is 0 Å². The Morgan fingerprint density at radius 2 is 2.13 bits per heavy atom. The van der Waals surface area contributed by atoms with Crippen LogP contribution in [-0.2, 0) is 13.0 Å². The number of aliphatic hydroxyl groups is 1. The molecule has 0 amide bonds. The Morgan fingerprint density at radius 1 is 1.40 bits per heavy atom. The van der Waals surface area contributed by atoms with E-state index in [1.165, 1.54) is 0 Å². The maximum Gasteiger partial charge on any atom is 0.121 e. The summed E-state index contributed by atoms with van der Waals surface area (Å²) in [5.41, 5.74) is 7.38. The van der Waals surface area contributed by atoms with Crippen LogP contribution in [0.2, 0.25) is 0 Å². The Labute approximate surface area is 90.5 Å². The molecular weight excluding hydrogens is 190 g/mol. The van der Waals surface area contributed by atoms with Gasteiger partial charge in [-0.1, -0.05) is 6.07 Å². The smallest absolute Gasteiger partial charge is 0.121 e. The molecule has 0 heterocycles. The second kappa shape index (κ2) is 5.73. The Kier molecular flexibility index (Phi) is 4.59. The third kappa shape index (κ3) is 3.90. The van der Waals surface area contributed by atoms with Gasteiger partial charge in [0.05, 0.1) is 6.61 Å². The highest BCUT2D eigenvalue weighted by molar-refractivity contribution is 5.35. The predicted octanol–water partition coefficient (Wildman–Crippen LogP) is 1.55. The summed E-state index contributed by atoms with van der Waals surface area (Å²) in [5.74, 6) is 0.161. The molecule has 0 aliphatic heterocycles. The average molecular weight is 209 g/mol. The number of rotatable bonds is 5. The zero-order valence-electron chi connectivity index (χ0n) is 9.11. The number of aromatic hydroxyl groups is 1. The van der Waals surface area contributed by atoms with Crippen molar-refractivity contribution in [3.63, 3.8) is 0 Å². The molecule has 3 nitrogen and oxygen atoms in total. The Bertz CT molecular complexity index is 310. The van der Waals surface area contributed by atoms with Crippen molar-refractivity contribution in [3.8, 4) is 5.75 Å². The van der Waals surface area contributed by atoms with Gasteiger partial charge in [0, 0.05) is 11.6 Å². The first-order chi connectivity index (χ1) is 7.13. The molecule has 1 unspecified atom stereocenters. The summed E-state index contributed by atoms with van der Waals surface area (Å²) in [6.45, 7) is 1.88. The van der Waals surface area contributed by atoms with Gasteiger partial charge in [0.1, 0.15) is 5.75 Å². The molecule has 0 aliphatic rings. The molecule has 3 heteroatoms. The summed E-state index contributed by atoms with van der Waals surface area (Å²) >= 11 is 0. The number of nitrogens with two attached hydrogens (primary N) is 1. The van der Waals surface area contributed by atoms with Crippen LogP contribution in [0.15, 0.2) is 18.2 Å². The molecule has 0 aromatic heterocycles. The molecule has 4 N–H and O–H groups in total. The van der Waals surface area contributed by atoms with Crippen molar-refractivity contribution in [3.05, 3.63) is 29.3 Å². The molecule has 0 aliphatic carbocycles. The fraction of sp³-hybridized carbons (Fsp3) is 0.500. The first-order valence-corrected chi connectivity index (χ1v) is 5.30. The quantitative estimate of drug-likeness (QED) is 0.689. The van der Waals surface area contributed by atoms with Gasteiger partial charge in [-0.2, -0.15) is 0 Å². The first kappa shape index (κ1) is 12.0. The van der Waals surface area contributed by atoms with Crippen molar-refractivity contribution in [2.45, 2.75) is 38.8 Å². The van der Waals surface area contributed by atoms with Gasteiger partial charge >= 0.3 is 0 Å². The third-order valence-electron chi connectivity index (χ3n) is 2.44. The largest absolute Gasteiger partial charge is 0.508 e. The molecule has 15 heavy (non-hydrogen) atoms. The lowest BCUT2D eigenvalue weighted by Crippen LogP contribution is -2.14. The standard InChI is InChI=1S/C12H19NO2/c1-9(13)3-2-4-10-5-6-12(15)11(7-10)8-14/h5-7,9,14-15H,2-4,8,13H2,1H3. The lowest BCUT2D eigenvalue weighted by molar-refractivity contribution is 0.275. The van der Waals surface area contributed by atoms with Gasteiger partial charge in [-0.05, 0) is 43.9 Å². The van der Waals surface area contributed by atoms with E-state index in [2.05, 4.69) is 0 Å². The first-order valence-electron chi connectivity index (χ1n) is 5.30. The van der Waals surface area contributed by atoms with Crippen LogP contribution in [0.5, 0.6) is 5.75 Å². The maximum atomic E-state index is 9.37. The Hall–Kier alpha value is -1.06. The monoisotopic (exact) mass is 209 g/mol. The van der Waals surface area contributed by atoms with E-state index >= 15 is 0 Å². The van der Waals surface area contributed by atoms with E-state index in [1.54, 1.807) is 6.07 Å². The van der Waals surface area contributed by atoms with E-state index in [0.717, 1.165) is 24.8 Å². The highest BCUT2D eigenvalue weighted by atomic mass is 16.3. The van der Waals surface area contributed by atoms with E-state index in [9.17, 15) is 5.11 Å². The van der Waals surface area contributed by atoms with Gasteiger partial charge in [0.2, 0.25) is 0 Å². The van der Waals surface area contributed by atoms with Gasteiger partial charge in [0.15, 0.2) is 0 Å². The maximum absolute atomic E-state index is 9.37. The fourth-order valence-electron chi connectivity index (χ4n) is 1.55. The summed E-state index contributed by atoms with van der Waals surface area (Å²) in [5, 5.41) is 18.3. The SMILES string of the molecule is CC(N)CCCc1ccc(O)c(CO)c1. The second-order valence-electron chi connectivity index (χ2n) is 3.99. The number of hydrogen-bond donors (Lipinski definition) is 3. The number of benzene rings is 1. The average Bonchev–Trinajstić information content (AvgIpc) is 2.20. The highest BCUT2D eigenvalue weighted by Crippen LogP contribution is 2.19. The Morgan fingerprint density at radius 3 is 2.73 bits per heavy atom. The van der Waals surface area contributed by atoms with E-state index in [-0.39, 0.29) is 18.4 Å². The van der Waals surface area contributed by atoms with Crippen LogP contribution in [0.25, 0.3) is 0 Å². The van der Waals surface area contributed by atoms with Crippen LogP contribution in [0.4, 0.5) is 0 Å². The fourth-order valence-corrected chi connectivity index (χ4v) is 1.55. The molecule has 0 bridgehead atoms. The van der Waals surface area contributed by atoms with E-state index < -0.39 is 0 Å². The normalized spacial score (nSPS) is 12.7. The minimum absolute atomic E-state index is 0.118. The van der Waals surface area contributed by atoms with Gasteiger partial charge < -0.3 is 15.9 Å². The molecule has 1 aromatic rings. The molecular formula is C12H19NO2. The summed E-state index contributed by atoms with van der Waals surface area (Å²) in [7, 11) is 0. The van der Waals surface area contributed by atoms with Crippen molar-refractivity contribution in [1.29, 1.82) is 0 Å². The van der Waals surface area contributed by atoms with Crippen LogP contribution in [0, 0.1) is 0 Å². The lowest BCUT2D eigenvalue weighted by atomic mass is 10.0. The number of aliphatic hydroxyl groups excluding tert-OH is 1. The summed E-state index contributed by atoms with van der Waals surface area (Å²) < 4.78 is 0. The lowest BCUT2D eigenvalue weighted by Gasteiger charge is -2.07. The zero-order chi connectivity index (χ0) is 11.3. The number of hydrogen-bond acceptors (Lipinski definition) is 3. The van der Waals surface area contributed by atoms with E-state index in [4.69, 9.17) is 10.8 Å². The van der Waals surface area contributed by atoms with Crippen LogP contribution in [0.3, 0.4) is 0 Å². The summed E-state index contributed by atoms with van der Waals surface area (Å²) in [4.78, 5) is 0. The molecule has 1 atom stereocenters. The Balaban J connectivity index is 2.54. The van der Waals surface area contributed by atoms with Gasteiger partial charge in [-0.25, -0.2) is 0 Å².